The molecule has 1 aromatic heterocycles. The Hall–Kier alpha value is -2.63. The summed E-state index contributed by atoms with van der Waals surface area (Å²) in [5.41, 5.74) is 1.21. The van der Waals surface area contributed by atoms with Gasteiger partial charge in [-0.05, 0) is 18.4 Å². The van der Waals surface area contributed by atoms with Gasteiger partial charge in [0.2, 0.25) is 11.8 Å². The first-order valence-electron chi connectivity index (χ1n) is 9.01. The Balaban J connectivity index is 1.75. The van der Waals surface area contributed by atoms with Crippen molar-refractivity contribution in [3.8, 4) is 0 Å². The summed E-state index contributed by atoms with van der Waals surface area (Å²) in [6.45, 7) is 0.657. The van der Waals surface area contributed by atoms with Crippen LogP contribution >= 0.6 is 0 Å². The molecular weight excluding hydrogens is 328 g/mol. The zero-order valence-electron chi connectivity index (χ0n) is 15.6. The lowest BCUT2D eigenvalue weighted by molar-refractivity contribution is -0.146. The molecule has 138 valence electrons. The number of aryl methyl sites for hydroxylation is 1. The minimum atomic E-state index is -0.317. The molecule has 0 radical (unpaired) electrons. The van der Waals surface area contributed by atoms with Crippen LogP contribution in [0.3, 0.4) is 0 Å². The number of amides is 2. The number of piperidine rings is 1. The first-order chi connectivity index (χ1) is 12.5. The molecule has 2 heterocycles. The molecule has 1 aromatic carbocycles. The van der Waals surface area contributed by atoms with E-state index in [9.17, 15) is 9.59 Å². The lowest BCUT2D eigenvalue weighted by Gasteiger charge is -2.39. The average Bonchev–Trinajstić information content (AvgIpc) is 3.07. The minimum absolute atomic E-state index is 0.0639. The molecule has 2 atom stereocenters. The molecule has 1 fully saturated rings. The van der Waals surface area contributed by atoms with Gasteiger partial charge in [0, 0.05) is 46.5 Å². The highest BCUT2D eigenvalue weighted by Crippen LogP contribution is 2.35. The van der Waals surface area contributed by atoms with E-state index in [2.05, 4.69) is 17.1 Å². The third-order valence-electron chi connectivity index (χ3n) is 5.26. The van der Waals surface area contributed by atoms with E-state index in [0.29, 0.717) is 19.4 Å². The van der Waals surface area contributed by atoms with Crippen LogP contribution in [0.25, 0.3) is 0 Å². The second-order valence-electron chi connectivity index (χ2n) is 6.99. The lowest BCUT2D eigenvalue weighted by atomic mass is 9.87. The second kappa shape index (κ2) is 7.72. The van der Waals surface area contributed by atoms with Crippen LogP contribution in [0.1, 0.15) is 30.3 Å². The van der Waals surface area contributed by atoms with Gasteiger partial charge in [0.15, 0.2) is 0 Å². The molecule has 0 bridgehead atoms. The minimum Gasteiger partial charge on any atom is -0.345 e. The van der Waals surface area contributed by atoms with Gasteiger partial charge >= 0.3 is 0 Å². The fourth-order valence-corrected chi connectivity index (χ4v) is 3.65. The molecule has 1 aliphatic rings. The van der Waals surface area contributed by atoms with Crippen molar-refractivity contribution in [2.24, 2.45) is 13.0 Å². The number of imidazole rings is 1. The summed E-state index contributed by atoms with van der Waals surface area (Å²) in [7, 11) is 5.51. The SMILES string of the molecule is CN(CCc1ccccc1)C(=O)[C@H]1CCC(=O)N(C)[C@@H]1c1nccn1C. The average molecular weight is 354 g/mol. The molecule has 0 saturated carbocycles. The van der Waals surface area contributed by atoms with Crippen LogP contribution in [0.15, 0.2) is 42.7 Å². The monoisotopic (exact) mass is 354 g/mol. The molecule has 1 aliphatic heterocycles. The summed E-state index contributed by atoms with van der Waals surface area (Å²) in [5.74, 6) is 0.636. The van der Waals surface area contributed by atoms with E-state index in [-0.39, 0.29) is 23.8 Å². The third kappa shape index (κ3) is 3.64. The summed E-state index contributed by atoms with van der Waals surface area (Å²) in [6, 6.07) is 9.84. The predicted molar refractivity (Wildman–Crippen MR) is 99.2 cm³/mol. The lowest BCUT2D eigenvalue weighted by Crippen LogP contribution is -2.47. The molecule has 26 heavy (non-hydrogen) atoms. The highest BCUT2D eigenvalue weighted by molar-refractivity contribution is 5.84. The molecule has 2 amide bonds. The van der Waals surface area contributed by atoms with E-state index in [1.165, 1.54) is 5.56 Å². The molecular formula is C20H26N4O2. The number of benzene rings is 1. The van der Waals surface area contributed by atoms with Gasteiger partial charge < -0.3 is 14.4 Å². The molecule has 1 saturated heterocycles. The normalized spacial score (nSPS) is 20.3. The van der Waals surface area contributed by atoms with Gasteiger partial charge in [-0.1, -0.05) is 30.3 Å². The van der Waals surface area contributed by atoms with Crippen molar-refractivity contribution in [1.29, 1.82) is 0 Å². The van der Waals surface area contributed by atoms with Crippen LogP contribution in [-0.2, 0) is 23.1 Å². The van der Waals surface area contributed by atoms with Crippen LogP contribution < -0.4 is 0 Å². The van der Waals surface area contributed by atoms with E-state index < -0.39 is 0 Å². The molecule has 2 aromatic rings. The van der Waals surface area contributed by atoms with Crippen LogP contribution in [0.4, 0.5) is 0 Å². The largest absolute Gasteiger partial charge is 0.345 e. The van der Waals surface area contributed by atoms with E-state index in [1.807, 2.05) is 43.1 Å². The maximum Gasteiger partial charge on any atom is 0.228 e. The van der Waals surface area contributed by atoms with Crippen molar-refractivity contribution in [2.75, 3.05) is 20.6 Å². The number of hydrogen-bond donors (Lipinski definition) is 0. The van der Waals surface area contributed by atoms with Crippen LogP contribution in [0.2, 0.25) is 0 Å². The number of aromatic nitrogens is 2. The number of nitrogens with zero attached hydrogens (tertiary/aromatic N) is 4. The van der Waals surface area contributed by atoms with E-state index in [1.54, 1.807) is 23.0 Å². The Morgan fingerprint density at radius 3 is 2.65 bits per heavy atom. The predicted octanol–water partition coefficient (Wildman–Crippen LogP) is 2.03. The maximum absolute atomic E-state index is 13.1. The maximum atomic E-state index is 13.1. The molecule has 6 heteroatoms. The zero-order valence-corrected chi connectivity index (χ0v) is 15.6. The number of likely N-dealkylation sites (tertiary alicyclic amines) is 1. The van der Waals surface area contributed by atoms with Crippen LogP contribution in [0.5, 0.6) is 0 Å². The topological polar surface area (TPSA) is 58.4 Å². The molecule has 0 aliphatic carbocycles. The van der Waals surface area contributed by atoms with Crippen molar-refractivity contribution in [2.45, 2.75) is 25.3 Å². The van der Waals surface area contributed by atoms with Gasteiger partial charge in [-0.25, -0.2) is 4.98 Å². The Morgan fingerprint density at radius 1 is 1.27 bits per heavy atom. The fraction of sp³-hybridized carbons (Fsp3) is 0.450. The first-order valence-corrected chi connectivity index (χ1v) is 9.01. The second-order valence-corrected chi connectivity index (χ2v) is 6.99. The summed E-state index contributed by atoms with van der Waals surface area (Å²) < 4.78 is 1.89. The highest BCUT2D eigenvalue weighted by Gasteiger charge is 2.41. The highest BCUT2D eigenvalue weighted by atomic mass is 16.2. The van der Waals surface area contributed by atoms with Crippen molar-refractivity contribution >= 4 is 11.8 Å². The van der Waals surface area contributed by atoms with E-state index in [4.69, 9.17) is 0 Å². The summed E-state index contributed by atoms with van der Waals surface area (Å²) in [6.07, 6.45) is 5.35. The van der Waals surface area contributed by atoms with Crippen molar-refractivity contribution < 1.29 is 9.59 Å². The van der Waals surface area contributed by atoms with Crippen LogP contribution in [0, 0.1) is 5.92 Å². The fourth-order valence-electron chi connectivity index (χ4n) is 3.65. The van der Waals surface area contributed by atoms with Gasteiger partial charge in [0.25, 0.3) is 0 Å². The molecule has 0 spiro atoms. The Labute approximate surface area is 154 Å². The van der Waals surface area contributed by atoms with Gasteiger partial charge in [0.1, 0.15) is 11.9 Å². The van der Waals surface area contributed by atoms with Gasteiger partial charge in [-0.2, -0.15) is 0 Å². The number of carbonyl (C=O) groups excluding carboxylic acids is 2. The third-order valence-corrected chi connectivity index (χ3v) is 5.26. The summed E-state index contributed by atoms with van der Waals surface area (Å²) in [5, 5.41) is 0. The Morgan fingerprint density at radius 2 is 2.00 bits per heavy atom. The quantitative estimate of drug-likeness (QED) is 0.825. The smallest absolute Gasteiger partial charge is 0.228 e. The van der Waals surface area contributed by atoms with Crippen molar-refractivity contribution in [3.05, 3.63) is 54.1 Å². The summed E-state index contributed by atoms with van der Waals surface area (Å²) in [4.78, 5) is 33.2. The number of rotatable bonds is 5. The number of likely N-dealkylation sites (N-methyl/N-ethyl adjacent to an activating group) is 1. The summed E-state index contributed by atoms with van der Waals surface area (Å²) >= 11 is 0. The van der Waals surface area contributed by atoms with Crippen LogP contribution in [-0.4, -0.2) is 51.8 Å². The molecule has 6 nitrogen and oxygen atoms in total. The van der Waals surface area contributed by atoms with Crippen molar-refractivity contribution in [1.82, 2.24) is 19.4 Å². The Bertz CT molecular complexity index is 771. The van der Waals surface area contributed by atoms with E-state index in [0.717, 1.165) is 12.2 Å². The first kappa shape index (κ1) is 18.2. The molecule has 0 N–H and O–H groups in total. The standard InChI is InChI=1S/C20H26N4O2/c1-22-14-12-21-19(22)18-16(9-10-17(25)24(18)3)20(26)23(2)13-11-15-7-5-4-6-8-15/h4-8,12,14,16,18H,9-11,13H2,1-3H3/t16-,18-/m0/s1. The van der Waals surface area contributed by atoms with Gasteiger partial charge in [-0.15, -0.1) is 0 Å². The molecule has 0 unspecified atom stereocenters. The Kier molecular flexibility index (Phi) is 5.40. The van der Waals surface area contributed by atoms with E-state index >= 15 is 0 Å². The number of hydrogen-bond acceptors (Lipinski definition) is 3. The van der Waals surface area contributed by atoms with Crippen molar-refractivity contribution in [3.63, 3.8) is 0 Å². The van der Waals surface area contributed by atoms with Gasteiger partial charge in [0.05, 0.1) is 5.92 Å². The number of carbonyl (C=O) groups is 2. The molecule has 3 rings (SSSR count). The van der Waals surface area contributed by atoms with Gasteiger partial charge in [-0.3, -0.25) is 9.59 Å². The zero-order chi connectivity index (χ0) is 18.7.